The summed E-state index contributed by atoms with van der Waals surface area (Å²) in [6, 6.07) is 6.53. The molecule has 2 nitrogen and oxygen atoms in total. The van der Waals surface area contributed by atoms with Crippen molar-refractivity contribution in [2.75, 3.05) is 0 Å². The molecule has 0 saturated heterocycles. The van der Waals surface area contributed by atoms with Crippen molar-refractivity contribution in [2.45, 2.75) is 6.18 Å². The highest BCUT2D eigenvalue weighted by Crippen LogP contribution is 2.30. The minimum Gasteiger partial charge on any atom is -0.260 e. The van der Waals surface area contributed by atoms with Crippen molar-refractivity contribution in [2.24, 2.45) is 0 Å². The Bertz CT molecular complexity index is 540. The largest absolute Gasteiger partial charge is 0.434 e. The maximum atomic E-state index is 12.4. The van der Waals surface area contributed by atoms with E-state index < -0.39 is 11.9 Å². The van der Waals surface area contributed by atoms with E-state index in [9.17, 15) is 13.2 Å². The van der Waals surface area contributed by atoms with Crippen LogP contribution in [-0.2, 0) is 6.18 Å². The molecule has 0 atom stereocenters. The summed E-state index contributed by atoms with van der Waals surface area (Å²) in [5, 5.41) is 0.334. The van der Waals surface area contributed by atoms with Gasteiger partial charge >= 0.3 is 6.18 Å². The second kappa shape index (κ2) is 4.33. The van der Waals surface area contributed by atoms with Crippen molar-refractivity contribution in [1.82, 2.24) is 9.97 Å². The molecule has 0 aliphatic heterocycles. The molecule has 2 aromatic rings. The molecule has 88 valence electrons. The van der Waals surface area contributed by atoms with Crippen molar-refractivity contribution in [1.29, 1.82) is 0 Å². The molecule has 1 aromatic carbocycles. The average Bonchev–Trinajstić information content (AvgIpc) is 2.29. The summed E-state index contributed by atoms with van der Waals surface area (Å²) < 4.78 is 37.3. The second-order valence-electron chi connectivity index (χ2n) is 3.27. The molecular formula is C11H6ClF3N2. The van der Waals surface area contributed by atoms with E-state index in [-0.39, 0.29) is 5.69 Å². The number of benzene rings is 1. The molecule has 0 spiro atoms. The first kappa shape index (κ1) is 11.9. The van der Waals surface area contributed by atoms with Gasteiger partial charge in [0.05, 0.1) is 23.1 Å². The Morgan fingerprint density at radius 1 is 1.06 bits per heavy atom. The zero-order valence-corrected chi connectivity index (χ0v) is 9.13. The molecule has 0 bridgehead atoms. The molecule has 6 heteroatoms. The molecule has 0 unspecified atom stereocenters. The quantitative estimate of drug-likeness (QED) is 0.777. The lowest BCUT2D eigenvalue weighted by atomic mass is 10.1. The molecule has 0 N–H and O–H groups in total. The highest BCUT2D eigenvalue weighted by Gasteiger charge is 2.33. The summed E-state index contributed by atoms with van der Waals surface area (Å²) in [6.07, 6.45) is -2.58. The number of alkyl halides is 3. The Morgan fingerprint density at radius 3 is 2.41 bits per heavy atom. The van der Waals surface area contributed by atoms with Crippen LogP contribution in [-0.4, -0.2) is 9.97 Å². The molecule has 17 heavy (non-hydrogen) atoms. The SMILES string of the molecule is FC(F)(F)c1cncc(-c2ccccc2Cl)n1. The number of hydrogen-bond acceptors (Lipinski definition) is 2. The third kappa shape index (κ3) is 2.55. The van der Waals surface area contributed by atoms with E-state index in [1.165, 1.54) is 6.20 Å². The Labute approximate surface area is 100 Å². The van der Waals surface area contributed by atoms with Gasteiger partial charge in [-0.3, -0.25) is 4.98 Å². The lowest BCUT2D eigenvalue weighted by Crippen LogP contribution is -2.09. The van der Waals surface area contributed by atoms with E-state index >= 15 is 0 Å². The predicted molar refractivity (Wildman–Crippen MR) is 57.5 cm³/mol. The van der Waals surface area contributed by atoms with Crippen LogP contribution < -0.4 is 0 Å². The van der Waals surface area contributed by atoms with E-state index in [1.807, 2.05) is 0 Å². The van der Waals surface area contributed by atoms with Gasteiger partial charge in [-0.1, -0.05) is 29.8 Å². The van der Waals surface area contributed by atoms with Gasteiger partial charge in [0.2, 0.25) is 0 Å². The Morgan fingerprint density at radius 2 is 1.76 bits per heavy atom. The summed E-state index contributed by atoms with van der Waals surface area (Å²) >= 11 is 5.88. The summed E-state index contributed by atoms with van der Waals surface area (Å²) in [7, 11) is 0. The summed E-state index contributed by atoms with van der Waals surface area (Å²) in [4.78, 5) is 7.03. The molecular weight excluding hydrogens is 253 g/mol. The zero-order valence-electron chi connectivity index (χ0n) is 8.37. The van der Waals surface area contributed by atoms with E-state index in [2.05, 4.69) is 9.97 Å². The van der Waals surface area contributed by atoms with Crippen LogP contribution >= 0.6 is 11.6 Å². The van der Waals surface area contributed by atoms with Gasteiger partial charge in [0.1, 0.15) is 0 Å². The topological polar surface area (TPSA) is 25.8 Å². The molecule has 0 radical (unpaired) electrons. The van der Waals surface area contributed by atoms with Crippen LogP contribution in [0.25, 0.3) is 11.3 Å². The van der Waals surface area contributed by atoms with Gasteiger partial charge in [-0.15, -0.1) is 0 Å². The van der Waals surface area contributed by atoms with Gasteiger partial charge in [0.25, 0.3) is 0 Å². The number of rotatable bonds is 1. The van der Waals surface area contributed by atoms with Crippen LogP contribution in [0.4, 0.5) is 13.2 Å². The highest BCUT2D eigenvalue weighted by atomic mass is 35.5. The van der Waals surface area contributed by atoms with Crippen molar-refractivity contribution in [3.05, 3.63) is 47.4 Å². The summed E-state index contributed by atoms with van der Waals surface area (Å²) in [6.45, 7) is 0. The molecule has 1 heterocycles. The Balaban J connectivity index is 2.51. The van der Waals surface area contributed by atoms with Gasteiger partial charge in [0.15, 0.2) is 5.69 Å². The first-order valence-electron chi connectivity index (χ1n) is 4.62. The maximum absolute atomic E-state index is 12.4. The van der Waals surface area contributed by atoms with Crippen LogP contribution in [0.2, 0.25) is 5.02 Å². The lowest BCUT2D eigenvalue weighted by molar-refractivity contribution is -0.141. The molecule has 0 aliphatic rings. The van der Waals surface area contributed by atoms with Crippen LogP contribution in [0.3, 0.4) is 0 Å². The minimum atomic E-state index is -4.51. The third-order valence-electron chi connectivity index (χ3n) is 2.07. The van der Waals surface area contributed by atoms with Gasteiger partial charge in [-0.25, -0.2) is 4.98 Å². The fourth-order valence-corrected chi connectivity index (χ4v) is 1.53. The second-order valence-corrected chi connectivity index (χ2v) is 3.67. The highest BCUT2D eigenvalue weighted by molar-refractivity contribution is 6.33. The Kier molecular flexibility index (Phi) is 3.02. The van der Waals surface area contributed by atoms with Crippen LogP contribution in [0, 0.1) is 0 Å². The normalized spacial score (nSPS) is 11.5. The molecule has 0 amide bonds. The lowest BCUT2D eigenvalue weighted by Gasteiger charge is -2.07. The smallest absolute Gasteiger partial charge is 0.260 e. The Hall–Kier alpha value is -1.62. The number of hydrogen-bond donors (Lipinski definition) is 0. The minimum absolute atomic E-state index is 0.102. The average molecular weight is 259 g/mol. The maximum Gasteiger partial charge on any atom is 0.434 e. The van der Waals surface area contributed by atoms with E-state index in [4.69, 9.17) is 11.6 Å². The van der Waals surface area contributed by atoms with Crippen molar-refractivity contribution in [3.63, 3.8) is 0 Å². The molecule has 0 aliphatic carbocycles. The van der Waals surface area contributed by atoms with Crippen LogP contribution in [0.15, 0.2) is 36.7 Å². The predicted octanol–water partition coefficient (Wildman–Crippen LogP) is 3.82. The number of nitrogens with zero attached hydrogens (tertiary/aromatic N) is 2. The van der Waals surface area contributed by atoms with Gasteiger partial charge in [0, 0.05) is 5.56 Å². The van der Waals surface area contributed by atoms with E-state index in [0.717, 1.165) is 0 Å². The van der Waals surface area contributed by atoms with Crippen LogP contribution in [0.5, 0.6) is 0 Å². The van der Waals surface area contributed by atoms with Gasteiger partial charge in [-0.2, -0.15) is 13.2 Å². The van der Waals surface area contributed by atoms with Crippen molar-refractivity contribution < 1.29 is 13.2 Å². The zero-order chi connectivity index (χ0) is 12.5. The third-order valence-corrected chi connectivity index (χ3v) is 2.40. The van der Waals surface area contributed by atoms with Gasteiger partial charge < -0.3 is 0 Å². The van der Waals surface area contributed by atoms with Crippen LogP contribution in [0.1, 0.15) is 5.69 Å². The van der Waals surface area contributed by atoms with Crippen molar-refractivity contribution in [3.8, 4) is 11.3 Å². The van der Waals surface area contributed by atoms with Crippen molar-refractivity contribution >= 4 is 11.6 Å². The standard InChI is InChI=1S/C11H6ClF3N2/c12-8-4-2-1-3-7(8)9-5-16-6-10(17-9)11(13,14)15/h1-6H. The van der Waals surface area contributed by atoms with E-state index in [0.29, 0.717) is 16.8 Å². The fraction of sp³-hybridized carbons (Fsp3) is 0.0909. The van der Waals surface area contributed by atoms with E-state index in [1.54, 1.807) is 24.3 Å². The molecule has 1 aromatic heterocycles. The molecule has 0 saturated carbocycles. The molecule has 0 fully saturated rings. The summed E-state index contributed by atoms with van der Waals surface area (Å²) in [5.41, 5.74) is -0.506. The summed E-state index contributed by atoms with van der Waals surface area (Å²) in [5.74, 6) is 0. The number of halogens is 4. The fourth-order valence-electron chi connectivity index (χ4n) is 1.30. The first-order chi connectivity index (χ1) is 7.98. The van der Waals surface area contributed by atoms with Gasteiger partial charge in [-0.05, 0) is 6.07 Å². The first-order valence-corrected chi connectivity index (χ1v) is 5.00. The molecule has 2 rings (SSSR count). The monoisotopic (exact) mass is 258 g/mol. The number of aromatic nitrogens is 2.